The molecule has 0 atom stereocenters. The Morgan fingerprint density at radius 1 is 1.38 bits per heavy atom. The van der Waals surface area contributed by atoms with Gasteiger partial charge in [-0.15, -0.1) is 0 Å². The number of nitriles is 1. The van der Waals surface area contributed by atoms with Crippen LogP contribution in [-0.4, -0.2) is 37.6 Å². The van der Waals surface area contributed by atoms with Crippen molar-refractivity contribution in [2.24, 2.45) is 5.41 Å². The first-order valence-electron chi connectivity index (χ1n) is 5.81. The molecule has 0 aliphatic heterocycles. The van der Waals surface area contributed by atoms with E-state index < -0.39 is 5.41 Å². The number of likely N-dealkylation sites (N-methyl/N-ethyl adjacent to an activating group) is 1. The molecule has 92 valence electrons. The fraction of sp³-hybridized carbons (Fsp3) is 0.833. The number of hydrogen-bond donors (Lipinski definition) is 0. The Hall–Kier alpha value is -1.08. The van der Waals surface area contributed by atoms with E-state index in [0.29, 0.717) is 32.5 Å². The van der Waals surface area contributed by atoms with E-state index in [2.05, 4.69) is 6.07 Å². The number of carbonyl (C=O) groups excluding carboxylic acids is 1. The summed E-state index contributed by atoms with van der Waals surface area (Å²) in [7, 11) is 1.61. The van der Waals surface area contributed by atoms with E-state index in [9.17, 15) is 10.1 Å². The number of amides is 1. The van der Waals surface area contributed by atoms with Crippen molar-refractivity contribution in [3.8, 4) is 6.07 Å². The molecule has 1 amide bonds. The van der Waals surface area contributed by atoms with Gasteiger partial charge in [0.25, 0.3) is 0 Å². The highest BCUT2D eigenvalue weighted by molar-refractivity contribution is 5.85. The number of hydrogen-bond acceptors (Lipinski definition) is 3. The third-order valence-electron chi connectivity index (χ3n) is 3.06. The van der Waals surface area contributed by atoms with Crippen LogP contribution in [0.5, 0.6) is 0 Å². The minimum Gasteiger partial charge on any atom is -0.383 e. The molecule has 0 heterocycles. The van der Waals surface area contributed by atoms with Crippen LogP contribution in [0, 0.1) is 16.7 Å². The molecule has 0 radical (unpaired) electrons. The molecule has 0 rings (SSSR count). The topological polar surface area (TPSA) is 53.3 Å². The van der Waals surface area contributed by atoms with Crippen molar-refractivity contribution in [2.75, 3.05) is 26.8 Å². The van der Waals surface area contributed by atoms with E-state index >= 15 is 0 Å². The highest BCUT2D eigenvalue weighted by Crippen LogP contribution is 2.27. The molecule has 0 fully saturated rings. The zero-order chi connectivity index (χ0) is 12.6. The molecule has 0 saturated heterocycles. The Kier molecular flexibility index (Phi) is 6.75. The first kappa shape index (κ1) is 14.9. The Morgan fingerprint density at radius 3 is 2.25 bits per heavy atom. The first-order chi connectivity index (χ1) is 7.61. The van der Waals surface area contributed by atoms with Crippen LogP contribution in [0.1, 0.15) is 33.6 Å². The summed E-state index contributed by atoms with van der Waals surface area (Å²) < 4.78 is 4.96. The maximum atomic E-state index is 12.2. The third kappa shape index (κ3) is 3.21. The van der Waals surface area contributed by atoms with E-state index in [1.807, 2.05) is 20.8 Å². The molecule has 4 nitrogen and oxygen atoms in total. The maximum absolute atomic E-state index is 12.2. The SMILES string of the molecule is CCN(CCOC)C(=O)C(C#N)(CC)CC. The van der Waals surface area contributed by atoms with Crippen molar-refractivity contribution < 1.29 is 9.53 Å². The van der Waals surface area contributed by atoms with Gasteiger partial charge in [0.1, 0.15) is 5.41 Å². The van der Waals surface area contributed by atoms with Gasteiger partial charge in [0.15, 0.2) is 0 Å². The fourth-order valence-electron chi connectivity index (χ4n) is 1.67. The van der Waals surface area contributed by atoms with Gasteiger partial charge < -0.3 is 9.64 Å². The summed E-state index contributed by atoms with van der Waals surface area (Å²) in [5, 5.41) is 9.19. The van der Waals surface area contributed by atoms with Crippen LogP contribution in [0.25, 0.3) is 0 Å². The summed E-state index contributed by atoms with van der Waals surface area (Å²) in [6.07, 6.45) is 1.12. The van der Waals surface area contributed by atoms with Crippen LogP contribution >= 0.6 is 0 Å². The van der Waals surface area contributed by atoms with Gasteiger partial charge in [-0.3, -0.25) is 4.79 Å². The lowest BCUT2D eigenvalue weighted by atomic mass is 9.82. The van der Waals surface area contributed by atoms with Gasteiger partial charge in [-0.1, -0.05) is 13.8 Å². The number of rotatable bonds is 7. The summed E-state index contributed by atoms with van der Waals surface area (Å²) in [5.74, 6) is -0.0699. The van der Waals surface area contributed by atoms with Crippen molar-refractivity contribution in [1.29, 1.82) is 5.26 Å². The number of carbonyl (C=O) groups is 1. The smallest absolute Gasteiger partial charge is 0.243 e. The highest BCUT2D eigenvalue weighted by atomic mass is 16.5. The Morgan fingerprint density at radius 2 is 1.94 bits per heavy atom. The molecule has 0 spiro atoms. The van der Waals surface area contributed by atoms with Crippen LogP contribution in [0.3, 0.4) is 0 Å². The molecule has 0 aliphatic rings. The largest absolute Gasteiger partial charge is 0.383 e. The summed E-state index contributed by atoms with van der Waals surface area (Å²) >= 11 is 0. The van der Waals surface area contributed by atoms with Crippen LogP contribution in [-0.2, 0) is 9.53 Å². The van der Waals surface area contributed by atoms with E-state index in [-0.39, 0.29) is 5.91 Å². The third-order valence-corrected chi connectivity index (χ3v) is 3.06. The zero-order valence-corrected chi connectivity index (χ0v) is 10.7. The van der Waals surface area contributed by atoms with Gasteiger partial charge in [0, 0.05) is 20.2 Å². The molecule has 0 aliphatic carbocycles. The number of methoxy groups -OCH3 is 1. The van der Waals surface area contributed by atoms with Crippen LogP contribution in [0.15, 0.2) is 0 Å². The second-order valence-corrected chi connectivity index (χ2v) is 3.78. The first-order valence-corrected chi connectivity index (χ1v) is 5.81. The van der Waals surface area contributed by atoms with E-state index in [1.54, 1.807) is 12.0 Å². The minimum atomic E-state index is -0.857. The molecule has 0 N–H and O–H groups in total. The standard InChI is InChI=1S/C12H22N2O2/c1-5-12(6-2,10-13)11(15)14(7-3)8-9-16-4/h5-9H2,1-4H3. The molecule has 0 bridgehead atoms. The van der Waals surface area contributed by atoms with Crippen LogP contribution < -0.4 is 0 Å². The lowest BCUT2D eigenvalue weighted by Gasteiger charge is -2.30. The van der Waals surface area contributed by atoms with Gasteiger partial charge in [-0.2, -0.15) is 5.26 Å². The summed E-state index contributed by atoms with van der Waals surface area (Å²) in [5.41, 5.74) is -0.857. The second-order valence-electron chi connectivity index (χ2n) is 3.78. The second kappa shape index (κ2) is 7.24. The van der Waals surface area contributed by atoms with Crippen molar-refractivity contribution in [3.63, 3.8) is 0 Å². The van der Waals surface area contributed by atoms with Crippen molar-refractivity contribution in [1.82, 2.24) is 4.90 Å². The average Bonchev–Trinajstić information content (AvgIpc) is 2.33. The number of ether oxygens (including phenoxy) is 1. The molecule has 0 aromatic carbocycles. The van der Waals surface area contributed by atoms with Crippen molar-refractivity contribution in [3.05, 3.63) is 0 Å². The van der Waals surface area contributed by atoms with E-state index in [4.69, 9.17) is 4.74 Å². The van der Waals surface area contributed by atoms with Crippen LogP contribution in [0.2, 0.25) is 0 Å². The molecule has 0 unspecified atom stereocenters. The van der Waals surface area contributed by atoms with Gasteiger partial charge >= 0.3 is 0 Å². The molecular formula is C12H22N2O2. The minimum absolute atomic E-state index is 0.0699. The van der Waals surface area contributed by atoms with Crippen LogP contribution in [0.4, 0.5) is 0 Å². The monoisotopic (exact) mass is 226 g/mol. The van der Waals surface area contributed by atoms with Gasteiger partial charge in [-0.25, -0.2) is 0 Å². The Labute approximate surface area is 98.2 Å². The fourth-order valence-corrected chi connectivity index (χ4v) is 1.67. The predicted molar refractivity (Wildman–Crippen MR) is 62.8 cm³/mol. The zero-order valence-electron chi connectivity index (χ0n) is 10.7. The lowest BCUT2D eigenvalue weighted by molar-refractivity contribution is -0.139. The quantitative estimate of drug-likeness (QED) is 0.665. The lowest BCUT2D eigenvalue weighted by Crippen LogP contribution is -2.44. The molecule has 16 heavy (non-hydrogen) atoms. The maximum Gasteiger partial charge on any atom is 0.243 e. The molecule has 4 heteroatoms. The van der Waals surface area contributed by atoms with Crippen molar-refractivity contribution >= 4 is 5.91 Å². The Balaban J connectivity index is 4.77. The summed E-state index contributed by atoms with van der Waals surface area (Å²) in [4.78, 5) is 13.9. The molecular weight excluding hydrogens is 204 g/mol. The molecule has 0 aromatic heterocycles. The normalized spacial score (nSPS) is 10.9. The van der Waals surface area contributed by atoms with Crippen molar-refractivity contribution in [2.45, 2.75) is 33.6 Å². The molecule has 0 aromatic rings. The van der Waals surface area contributed by atoms with E-state index in [1.165, 1.54) is 0 Å². The highest BCUT2D eigenvalue weighted by Gasteiger charge is 2.37. The summed E-state index contributed by atoms with van der Waals surface area (Å²) in [6.45, 7) is 7.36. The average molecular weight is 226 g/mol. The van der Waals surface area contributed by atoms with Gasteiger partial charge in [0.2, 0.25) is 5.91 Å². The van der Waals surface area contributed by atoms with Gasteiger partial charge in [-0.05, 0) is 19.8 Å². The summed E-state index contributed by atoms with van der Waals surface area (Å²) in [6, 6.07) is 2.17. The Bertz CT molecular complexity index is 254. The predicted octanol–water partition coefficient (Wildman–Crippen LogP) is 1.81. The van der Waals surface area contributed by atoms with Gasteiger partial charge in [0.05, 0.1) is 12.7 Å². The number of nitrogens with zero attached hydrogens (tertiary/aromatic N) is 2. The van der Waals surface area contributed by atoms with E-state index in [0.717, 1.165) is 0 Å². The molecule has 0 saturated carbocycles.